The first kappa shape index (κ1) is 23.4. The quantitative estimate of drug-likeness (QED) is 0.320. The van der Waals surface area contributed by atoms with Crippen LogP contribution in [0, 0.1) is 0 Å². The molecule has 30 heavy (non-hydrogen) atoms. The number of Topliss-reactive ketones (excluding diaryl/α,β-unsaturated/α-hetero) is 1. The Morgan fingerprint density at radius 1 is 1.07 bits per heavy atom. The third-order valence-electron chi connectivity index (χ3n) is 4.41. The van der Waals surface area contributed by atoms with Crippen LogP contribution in [-0.4, -0.2) is 36.2 Å². The average molecular weight is 414 g/mol. The van der Waals surface area contributed by atoms with Crippen LogP contribution in [0.2, 0.25) is 0 Å². The normalized spacial score (nSPS) is 11.6. The number of benzene rings is 2. The molecular weight excluding hydrogens is 384 g/mol. The molecule has 2 aromatic carbocycles. The molecule has 0 heterocycles. The van der Waals surface area contributed by atoms with Crippen LogP contribution in [-0.2, 0) is 22.6 Å². The lowest BCUT2D eigenvalue weighted by Gasteiger charge is -2.20. The molecule has 1 atom stereocenters. The number of hydrogen-bond donors (Lipinski definition) is 1. The molecular formula is C24H30O6. The maximum Gasteiger partial charge on any atom is 0.305 e. The molecule has 0 fully saturated rings. The summed E-state index contributed by atoms with van der Waals surface area (Å²) in [4.78, 5) is 23.7. The largest absolute Gasteiger partial charge is 0.492 e. The summed E-state index contributed by atoms with van der Waals surface area (Å²) in [6.07, 6.45) is 0.324. The molecule has 0 bridgehead atoms. The van der Waals surface area contributed by atoms with Crippen LogP contribution < -0.4 is 9.47 Å². The Balaban J connectivity index is 2.23. The van der Waals surface area contributed by atoms with Gasteiger partial charge in [0.2, 0.25) is 0 Å². The van der Waals surface area contributed by atoms with Crippen molar-refractivity contribution in [1.82, 2.24) is 0 Å². The van der Waals surface area contributed by atoms with Gasteiger partial charge in [0.25, 0.3) is 0 Å². The monoisotopic (exact) mass is 414 g/mol. The van der Waals surface area contributed by atoms with Crippen molar-refractivity contribution in [1.29, 1.82) is 0 Å². The van der Waals surface area contributed by atoms with Gasteiger partial charge in [-0.2, -0.15) is 0 Å². The van der Waals surface area contributed by atoms with Crippen molar-refractivity contribution in [3.05, 3.63) is 59.2 Å². The molecule has 6 heteroatoms. The van der Waals surface area contributed by atoms with Crippen molar-refractivity contribution in [2.24, 2.45) is 0 Å². The second-order valence-corrected chi connectivity index (χ2v) is 7.06. The molecule has 0 aromatic heterocycles. The fourth-order valence-electron chi connectivity index (χ4n) is 3.03. The molecule has 0 aliphatic carbocycles. The van der Waals surface area contributed by atoms with Crippen LogP contribution in [0.3, 0.4) is 0 Å². The minimum atomic E-state index is -0.645. The molecule has 6 nitrogen and oxygen atoms in total. The number of carbonyl (C=O) groups excluding carboxylic acids is 2. The number of carbonyl (C=O) groups is 2. The number of ether oxygens (including phenoxy) is 3. The van der Waals surface area contributed by atoms with Gasteiger partial charge in [0.1, 0.15) is 18.1 Å². The lowest BCUT2D eigenvalue weighted by Crippen LogP contribution is -2.13. The maximum absolute atomic E-state index is 12.2. The predicted molar refractivity (Wildman–Crippen MR) is 114 cm³/mol. The van der Waals surface area contributed by atoms with Crippen LogP contribution in [0.5, 0.6) is 11.5 Å². The summed E-state index contributed by atoms with van der Waals surface area (Å²) in [6.45, 7) is 5.84. The lowest BCUT2D eigenvalue weighted by atomic mass is 10.00. The highest BCUT2D eigenvalue weighted by Gasteiger charge is 2.20. The van der Waals surface area contributed by atoms with Crippen molar-refractivity contribution in [2.75, 3.05) is 13.2 Å². The molecule has 1 unspecified atom stereocenters. The van der Waals surface area contributed by atoms with E-state index in [-0.39, 0.29) is 31.2 Å². The fourth-order valence-corrected chi connectivity index (χ4v) is 3.03. The van der Waals surface area contributed by atoms with Gasteiger partial charge in [-0.05, 0) is 44.9 Å². The molecule has 1 N–H and O–H groups in total. The van der Waals surface area contributed by atoms with E-state index in [0.717, 1.165) is 5.56 Å². The van der Waals surface area contributed by atoms with E-state index in [2.05, 4.69) is 0 Å². The SMILES string of the molecule is CCOC(=O)CCCOc1c(C(C)=O)ccc(OCc2ccccc2)c1CC(C)O. The number of esters is 1. The molecule has 0 spiro atoms. The highest BCUT2D eigenvalue weighted by Crippen LogP contribution is 2.35. The molecule has 0 radical (unpaired) electrons. The van der Waals surface area contributed by atoms with Crippen LogP contribution in [0.25, 0.3) is 0 Å². The Bertz CT molecular complexity index is 829. The topological polar surface area (TPSA) is 82.1 Å². The van der Waals surface area contributed by atoms with Gasteiger partial charge in [0.15, 0.2) is 5.78 Å². The minimum absolute atomic E-state index is 0.142. The van der Waals surface area contributed by atoms with Gasteiger partial charge in [-0.15, -0.1) is 0 Å². The van der Waals surface area contributed by atoms with E-state index in [0.29, 0.717) is 42.3 Å². The molecule has 0 aliphatic heterocycles. The zero-order valence-electron chi connectivity index (χ0n) is 17.8. The van der Waals surface area contributed by atoms with Gasteiger partial charge in [0, 0.05) is 18.4 Å². The smallest absolute Gasteiger partial charge is 0.305 e. The first-order chi connectivity index (χ1) is 14.4. The number of aliphatic hydroxyl groups is 1. The van der Waals surface area contributed by atoms with Crippen molar-refractivity contribution >= 4 is 11.8 Å². The van der Waals surface area contributed by atoms with Crippen LogP contribution in [0.15, 0.2) is 42.5 Å². The number of hydrogen-bond acceptors (Lipinski definition) is 6. The molecule has 0 aliphatic rings. The van der Waals surface area contributed by atoms with E-state index in [9.17, 15) is 14.7 Å². The highest BCUT2D eigenvalue weighted by atomic mass is 16.5. The van der Waals surface area contributed by atoms with Gasteiger partial charge in [-0.3, -0.25) is 9.59 Å². The highest BCUT2D eigenvalue weighted by molar-refractivity contribution is 5.97. The Kier molecular flexibility index (Phi) is 9.35. The van der Waals surface area contributed by atoms with Gasteiger partial charge >= 0.3 is 5.97 Å². The first-order valence-corrected chi connectivity index (χ1v) is 10.2. The summed E-state index contributed by atoms with van der Waals surface area (Å²) in [5.41, 5.74) is 2.08. The molecule has 162 valence electrons. The van der Waals surface area contributed by atoms with Crippen molar-refractivity contribution < 1.29 is 28.9 Å². The minimum Gasteiger partial charge on any atom is -0.492 e. The van der Waals surface area contributed by atoms with Gasteiger partial charge < -0.3 is 19.3 Å². The predicted octanol–water partition coefficient (Wildman–Crippen LogP) is 4.11. The fraction of sp³-hybridized carbons (Fsp3) is 0.417. The van der Waals surface area contributed by atoms with E-state index >= 15 is 0 Å². The van der Waals surface area contributed by atoms with Crippen LogP contribution in [0.1, 0.15) is 55.1 Å². The van der Waals surface area contributed by atoms with Crippen molar-refractivity contribution in [3.63, 3.8) is 0 Å². The Labute approximate surface area is 177 Å². The molecule has 0 saturated carbocycles. The third-order valence-corrected chi connectivity index (χ3v) is 4.41. The third kappa shape index (κ3) is 7.19. The molecule has 0 saturated heterocycles. The van der Waals surface area contributed by atoms with Gasteiger partial charge in [0.05, 0.1) is 24.9 Å². The van der Waals surface area contributed by atoms with E-state index < -0.39 is 6.10 Å². The standard InChI is InChI=1S/C24H30O6/c1-4-28-23(27)11-8-14-29-24-20(18(3)26)12-13-22(21(24)15-17(2)25)30-16-19-9-6-5-7-10-19/h5-7,9-10,12-13,17,25H,4,8,11,14-16H2,1-3H3. The average Bonchev–Trinajstić information content (AvgIpc) is 2.71. The van der Waals surface area contributed by atoms with E-state index in [1.54, 1.807) is 26.0 Å². The van der Waals surface area contributed by atoms with Crippen molar-refractivity contribution in [2.45, 2.75) is 52.7 Å². The maximum atomic E-state index is 12.2. The summed E-state index contributed by atoms with van der Waals surface area (Å²) in [5, 5.41) is 10.0. The van der Waals surface area contributed by atoms with Gasteiger partial charge in [-0.1, -0.05) is 30.3 Å². The number of ketones is 1. The zero-order chi connectivity index (χ0) is 21.9. The number of aliphatic hydroxyl groups excluding tert-OH is 1. The Morgan fingerprint density at radius 3 is 2.43 bits per heavy atom. The summed E-state index contributed by atoms with van der Waals surface area (Å²) >= 11 is 0. The van der Waals surface area contributed by atoms with Crippen LogP contribution >= 0.6 is 0 Å². The van der Waals surface area contributed by atoms with Crippen LogP contribution in [0.4, 0.5) is 0 Å². The molecule has 0 amide bonds. The molecule has 2 rings (SSSR count). The van der Waals surface area contributed by atoms with E-state index in [1.165, 1.54) is 6.92 Å². The van der Waals surface area contributed by atoms with E-state index in [1.807, 2.05) is 30.3 Å². The summed E-state index contributed by atoms with van der Waals surface area (Å²) < 4.78 is 16.9. The van der Waals surface area contributed by atoms with E-state index in [4.69, 9.17) is 14.2 Å². The second kappa shape index (κ2) is 12.0. The molecule has 2 aromatic rings. The van der Waals surface area contributed by atoms with Gasteiger partial charge in [-0.25, -0.2) is 0 Å². The Hall–Kier alpha value is -2.86. The first-order valence-electron chi connectivity index (χ1n) is 10.2. The van der Waals surface area contributed by atoms with Crippen molar-refractivity contribution in [3.8, 4) is 11.5 Å². The Morgan fingerprint density at radius 2 is 1.80 bits per heavy atom. The summed E-state index contributed by atoms with van der Waals surface area (Å²) in [7, 11) is 0. The number of rotatable bonds is 12. The second-order valence-electron chi connectivity index (χ2n) is 7.06. The lowest BCUT2D eigenvalue weighted by molar-refractivity contribution is -0.143. The summed E-state index contributed by atoms with van der Waals surface area (Å²) in [5.74, 6) is 0.539. The summed E-state index contributed by atoms with van der Waals surface area (Å²) in [6, 6.07) is 13.2. The zero-order valence-corrected chi connectivity index (χ0v) is 17.8.